The van der Waals surface area contributed by atoms with E-state index >= 15 is 0 Å². The predicted octanol–water partition coefficient (Wildman–Crippen LogP) is 2.29. The predicted molar refractivity (Wildman–Crippen MR) is 51.9 cm³/mol. The molecule has 0 rings (SSSR count). The largest absolute Gasteiger partial charge is 0.323 e. The lowest BCUT2D eigenvalue weighted by atomic mass is 9.65. The molecule has 0 radical (unpaired) electrons. The van der Waals surface area contributed by atoms with E-state index in [1.165, 1.54) is 0 Å². The van der Waals surface area contributed by atoms with Crippen LogP contribution in [0.4, 0.5) is 0 Å². The summed E-state index contributed by atoms with van der Waals surface area (Å²) in [6.45, 7) is 11.4. The molecule has 0 amide bonds. The van der Waals surface area contributed by atoms with Crippen LogP contribution in [0, 0.1) is 10.3 Å². The van der Waals surface area contributed by atoms with Crippen LogP contribution in [0.1, 0.15) is 41.5 Å². The highest BCUT2D eigenvalue weighted by atomic mass is 16.3. The highest BCUT2D eigenvalue weighted by molar-refractivity contribution is 5.07. The Bertz CT molecular complexity index is 177. The Morgan fingerprint density at radius 1 is 1.00 bits per heavy atom. The molecule has 0 bridgehead atoms. The van der Waals surface area contributed by atoms with E-state index in [9.17, 15) is 4.91 Å². The molecule has 0 aromatic heterocycles. The molecule has 0 aliphatic carbocycles. The summed E-state index contributed by atoms with van der Waals surface area (Å²) in [6, 6.07) is 0. The van der Waals surface area contributed by atoms with Gasteiger partial charge in [0.2, 0.25) is 0 Å². The zero-order chi connectivity index (χ0) is 10.2. The molecule has 2 N–H and O–H groups in total. The molecule has 0 saturated heterocycles. The van der Waals surface area contributed by atoms with Crippen molar-refractivity contribution in [3.63, 3.8) is 0 Å². The van der Waals surface area contributed by atoms with E-state index < -0.39 is 11.1 Å². The maximum absolute atomic E-state index is 10.6. The topological polar surface area (TPSA) is 55.4 Å². The Labute approximate surface area is 74.7 Å². The van der Waals surface area contributed by atoms with Gasteiger partial charge in [0.25, 0.3) is 0 Å². The number of nitroso groups, excluding NO2 is 1. The maximum Gasteiger partial charge on any atom is 0.115 e. The van der Waals surface area contributed by atoms with Crippen LogP contribution in [0.15, 0.2) is 5.18 Å². The first-order valence-electron chi connectivity index (χ1n) is 4.19. The minimum atomic E-state index is -0.731. The quantitative estimate of drug-likeness (QED) is 0.650. The summed E-state index contributed by atoms with van der Waals surface area (Å²) < 4.78 is 0. The summed E-state index contributed by atoms with van der Waals surface area (Å²) in [6.07, 6.45) is 0. The van der Waals surface area contributed by atoms with E-state index in [0.717, 1.165) is 0 Å². The molecule has 72 valence electrons. The van der Waals surface area contributed by atoms with Gasteiger partial charge in [-0.2, -0.15) is 4.91 Å². The van der Waals surface area contributed by atoms with Crippen molar-refractivity contribution in [3.8, 4) is 0 Å². The summed E-state index contributed by atoms with van der Waals surface area (Å²) in [5.74, 6) is 0. The van der Waals surface area contributed by atoms with E-state index in [1.54, 1.807) is 13.8 Å². The second-order valence-electron chi connectivity index (χ2n) is 5.10. The van der Waals surface area contributed by atoms with Crippen molar-refractivity contribution in [2.24, 2.45) is 16.3 Å². The van der Waals surface area contributed by atoms with Crippen LogP contribution in [0.3, 0.4) is 0 Å². The van der Waals surface area contributed by atoms with Crippen molar-refractivity contribution in [2.45, 2.75) is 52.6 Å². The lowest BCUT2D eigenvalue weighted by molar-refractivity contribution is 0.124. The van der Waals surface area contributed by atoms with Crippen LogP contribution in [0.2, 0.25) is 0 Å². The summed E-state index contributed by atoms with van der Waals surface area (Å²) in [5.41, 5.74) is 4.63. The van der Waals surface area contributed by atoms with Crippen molar-refractivity contribution in [3.05, 3.63) is 4.91 Å². The summed E-state index contributed by atoms with van der Waals surface area (Å²) in [5, 5.41) is 3.08. The molecular formula is C9H20N2O. The Morgan fingerprint density at radius 2 is 1.33 bits per heavy atom. The van der Waals surface area contributed by atoms with Crippen molar-refractivity contribution in [1.29, 1.82) is 0 Å². The van der Waals surface area contributed by atoms with Gasteiger partial charge in [0.15, 0.2) is 0 Å². The van der Waals surface area contributed by atoms with Gasteiger partial charge >= 0.3 is 0 Å². The van der Waals surface area contributed by atoms with Gasteiger partial charge < -0.3 is 5.73 Å². The lowest BCUT2D eigenvalue weighted by Gasteiger charge is -2.46. The first-order chi connectivity index (χ1) is 5.06. The van der Waals surface area contributed by atoms with Crippen molar-refractivity contribution < 1.29 is 0 Å². The monoisotopic (exact) mass is 172 g/mol. The Kier molecular flexibility index (Phi) is 2.70. The van der Waals surface area contributed by atoms with Gasteiger partial charge in [-0.15, -0.1) is 0 Å². The summed E-state index contributed by atoms with van der Waals surface area (Å²) in [4.78, 5) is 10.6. The molecule has 1 unspecified atom stereocenters. The average Bonchev–Trinajstić information content (AvgIpc) is 1.85. The smallest absolute Gasteiger partial charge is 0.115 e. The second kappa shape index (κ2) is 2.80. The molecule has 0 aliphatic heterocycles. The molecule has 0 aromatic carbocycles. The second-order valence-corrected chi connectivity index (χ2v) is 5.10. The number of nitrogens with zero attached hydrogens (tertiary/aromatic N) is 1. The van der Waals surface area contributed by atoms with Crippen molar-refractivity contribution in [2.75, 3.05) is 0 Å². The molecule has 0 saturated carbocycles. The maximum atomic E-state index is 10.6. The van der Waals surface area contributed by atoms with Crippen molar-refractivity contribution in [1.82, 2.24) is 0 Å². The van der Waals surface area contributed by atoms with Gasteiger partial charge in [-0.25, -0.2) is 0 Å². The molecule has 0 fully saturated rings. The van der Waals surface area contributed by atoms with Crippen LogP contribution in [0.25, 0.3) is 0 Å². The minimum Gasteiger partial charge on any atom is -0.323 e. The third-order valence-corrected chi connectivity index (χ3v) is 3.06. The molecule has 0 aromatic rings. The van der Waals surface area contributed by atoms with Crippen LogP contribution in [-0.4, -0.2) is 11.1 Å². The number of hydrogen-bond acceptors (Lipinski definition) is 3. The molecule has 12 heavy (non-hydrogen) atoms. The molecule has 3 nitrogen and oxygen atoms in total. The number of nitrogens with two attached hydrogens (primary N) is 1. The standard InChI is InChI=1S/C9H20N2O/c1-7(2,3)9(6,10)8(4,5)11-12/h10H2,1-6H3. The highest BCUT2D eigenvalue weighted by Gasteiger charge is 2.47. The molecule has 0 spiro atoms. The summed E-state index contributed by atoms with van der Waals surface area (Å²) in [7, 11) is 0. The first kappa shape index (κ1) is 11.6. The van der Waals surface area contributed by atoms with Gasteiger partial charge in [-0.3, -0.25) is 0 Å². The highest BCUT2D eigenvalue weighted by Crippen LogP contribution is 2.38. The van der Waals surface area contributed by atoms with Gasteiger partial charge in [0, 0.05) is 5.54 Å². The van der Waals surface area contributed by atoms with Gasteiger partial charge in [-0.1, -0.05) is 25.9 Å². The molecular weight excluding hydrogens is 152 g/mol. The Morgan fingerprint density at radius 3 is 1.42 bits per heavy atom. The van der Waals surface area contributed by atoms with E-state index in [0.29, 0.717) is 0 Å². The van der Waals surface area contributed by atoms with E-state index in [4.69, 9.17) is 5.73 Å². The molecule has 0 aliphatic rings. The normalized spacial score (nSPS) is 18.6. The number of rotatable bonds is 2. The van der Waals surface area contributed by atoms with Crippen LogP contribution < -0.4 is 5.73 Å². The van der Waals surface area contributed by atoms with E-state index in [2.05, 4.69) is 5.18 Å². The van der Waals surface area contributed by atoms with Crippen LogP contribution >= 0.6 is 0 Å². The zero-order valence-electron chi connectivity index (χ0n) is 8.93. The third kappa shape index (κ3) is 1.66. The summed E-state index contributed by atoms with van der Waals surface area (Å²) >= 11 is 0. The van der Waals surface area contributed by atoms with E-state index in [1.807, 2.05) is 27.7 Å². The lowest BCUT2D eigenvalue weighted by Crippen LogP contribution is -2.61. The van der Waals surface area contributed by atoms with Crippen LogP contribution in [0.5, 0.6) is 0 Å². The Balaban J connectivity index is 4.97. The van der Waals surface area contributed by atoms with Gasteiger partial charge in [0.1, 0.15) is 5.54 Å². The fourth-order valence-corrected chi connectivity index (χ4v) is 1.01. The molecule has 3 heteroatoms. The third-order valence-electron chi connectivity index (χ3n) is 3.06. The molecule has 1 atom stereocenters. The Hall–Kier alpha value is -0.440. The minimum absolute atomic E-state index is 0.135. The van der Waals surface area contributed by atoms with Gasteiger partial charge in [-0.05, 0) is 26.2 Å². The SMILES string of the molecule is CC(C)(C)C(C)(N)C(C)(C)N=O. The van der Waals surface area contributed by atoms with E-state index in [-0.39, 0.29) is 5.41 Å². The first-order valence-corrected chi connectivity index (χ1v) is 4.19. The van der Waals surface area contributed by atoms with Crippen LogP contribution in [-0.2, 0) is 0 Å². The zero-order valence-corrected chi connectivity index (χ0v) is 8.93. The molecule has 0 heterocycles. The fourth-order valence-electron chi connectivity index (χ4n) is 1.01. The van der Waals surface area contributed by atoms with Crippen molar-refractivity contribution >= 4 is 0 Å². The fraction of sp³-hybridized carbons (Fsp3) is 1.00. The number of hydrogen-bond donors (Lipinski definition) is 1. The van der Waals surface area contributed by atoms with Gasteiger partial charge in [0.05, 0.1) is 0 Å². The average molecular weight is 172 g/mol.